The van der Waals surface area contributed by atoms with Crippen molar-refractivity contribution in [3.63, 3.8) is 0 Å². The van der Waals surface area contributed by atoms with Crippen molar-refractivity contribution in [2.45, 2.75) is 44.6 Å². The number of aromatic amines is 1. The molecule has 2 aliphatic heterocycles. The van der Waals surface area contributed by atoms with E-state index in [2.05, 4.69) is 28.1 Å². The Labute approximate surface area is 199 Å². The van der Waals surface area contributed by atoms with Gasteiger partial charge in [-0.15, -0.1) is 0 Å². The molecule has 0 spiro atoms. The summed E-state index contributed by atoms with van der Waals surface area (Å²) in [7, 11) is 0. The van der Waals surface area contributed by atoms with E-state index in [1.54, 1.807) is 0 Å². The molecule has 4 nitrogen and oxygen atoms in total. The Bertz CT molecular complexity index is 1090. The first-order valence-electron chi connectivity index (χ1n) is 11.7. The molecule has 2 fully saturated rings. The van der Waals surface area contributed by atoms with Gasteiger partial charge in [-0.25, -0.2) is 0 Å². The zero-order valence-electron chi connectivity index (χ0n) is 18.2. The number of piperidine rings is 2. The number of carbonyl (C=O) groups is 1. The molecule has 0 aliphatic carbocycles. The zero-order chi connectivity index (χ0) is 22.1. The highest BCUT2D eigenvalue weighted by Crippen LogP contribution is 2.38. The Morgan fingerprint density at radius 1 is 0.906 bits per heavy atom. The maximum Gasteiger partial charge on any atom is 0.270 e. The minimum Gasteiger partial charge on any atom is -0.350 e. The van der Waals surface area contributed by atoms with Gasteiger partial charge in [0.1, 0.15) is 5.69 Å². The van der Waals surface area contributed by atoms with Crippen LogP contribution < -0.4 is 0 Å². The molecule has 2 saturated heterocycles. The fraction of sp³-hybridized carbons (Fsp3) is 0.423. The standard InChI is InChI=1S/C26H29Cl2N3O/c27-21-8-6-9-22(28)24(21)18-11-15-30(16-12-18)17-20-19-7-2-3-10-23(19)29-25(20)26(32)31-13-4-1-5-14-31/h2-3,6-10,18,29H,1,4-5,11-17H2. The number of halogens is 2. The van der Waals surface area contributed by atoms with Crippen LogP contribution in [0.4, 0.5) is 0 Å². The maximum absolute atomic E-state index is 13.4. The smallest absolute Gasteiger partial charge is 0.270 e. The van der Waals surface area contributed by atoms with Gasteiger partial charge in [-0.3, -0.25) is 9.69 Å². The molecule has 2 aromatic carbocycles. The predicted octanol–water partition coefficient (Wildman–Crippen LogP) is 6.48. The van der Waals surface area contributed by atoms with Crippen molar-refractivity contribution >= 4 is 40.0 Å². The van der Waals surface area contributed by atoms with Crippen molar-refractivity contribution in [1.29, 1.82) is 0 Å². The number of rotatable bonds is 4. The first-order valence-corrected chi connectivity index (χ1v) is 12.4. The molecule has 168 valence electrons. The topological polar surface area (TPSA) is 39.3 Å². The maximum atomic E-state index is 13.4. The summed E-state index contributed by atoms with van der Waals surface area (Å²) in [6, 6.07) is 14.0. The third kappa shape index (κ3) is 4.28. The minimum atomic E-state index is 0.147. The number of carbonyl (C=O) groups excluding carboxylic acids is 1. The summed E-state index contributed by atoms with van der Waals surface area (Å²) in [6.45, 7) is 4.42. The average molecular weight is 470 g/mol. The van der Waals surface area contributed by atoms with Gasteiger partial charge in [-0.1, -0.05) is 47.5 Å². The zero-order valence-corrected chi connectivity index (χ0v) is 19.8. The monoisotopic (exact) mass is 469 g/mol. The summed E-state index contributed by atoms with van der Waals surface area (Å²) >= 11 is 12.9. The highest BCUT2D eigenvalue weighted by Gasteiger charge is 2.28. The lowest BCUT2D eigenvalue weighted by Crippen LogP contribution is -2.37. The van der Waals surface area contributed by atoms with Crippen molar-refractivity contribution in [3.8, 4) is 0 Å². The number of nitrogens with one attached hydrogen (secondary N) is 1. The Balaban J connectivity index is 1.36. The summed E-state index contributed by atoms with van der Waals surface area (Å²) in [4.78, 5) is 21.3. The van der Waals surface area contributed by atoms with Gasteiger partial charge >= 0.3 is 0 Å². The second-order valence-corrected chi connectivity index (χ2v) is 9.88. The highest BCUT2D eigenvalue weighted by atomic mass is 35.5. The van der Waals surface area contributed by atoms with E-state index in [4.69, 9.17) is 23.2 Å². The van der Waals surface area contributed by atoms with Crippen LogP contribution in [0.2, 0.25) is 10.0 Å². The van der Waals surface area contributed by atoms with Gasteiger partial charge in [-0.2, -0.15) is 0 Å². The fourth-order valence-electron chi connectivity index (χ4n) is 5.31. The van der Waals surface area contributed by atoms with Crippen molar-refractivity contribution in [3.05, 3.63) is 69.3 Å². The molecule has 0 atom stereocenters. The van der Waals surface area contributed by atoms with Crippen LogP contribution >= 0.6 is 23.2 Å². The molecule has 0 bridgehead atoms. The summed E-state index contributed by atoms with van der Waals surface area (Å²) in [5.41, 5.74) is 4.03. The van der Waals surface area contributed by atoms with Crippen LogP contribution in [0.5, 0.6) is 0 Å². The van der Waals surface area contributed by atoms with Gasteiger partial charge in [-0.05, 0) is 74.9 Å². The molecule has 0 unspecified atom stereocenters. The Hall–Kier alpha value is -2.01. The number of hydrogen-bond acceptors (Lipinski definition) is 2. The Morgan fingerprint density at radius 2 is 1.59 bits per heavy atom. The first kappa shape index (κ1) is 21.8. The van der Waals surface area contributed by atoms with Crippen molar-refractivity contribution in [2.24, 2.45) is 0 Å². The number of likely N-dealkylation sites (tertiary alicyclic amines) is 2. The van der Waals surface area contributed by atoms with E-state index >= 15 is 0 Å². The fourth-order valence-corrected chi connectivity index (χ4v) is 6.01. The lowest BCUT2D eigenvalue weighted by Gasteiger charge is -2.33. The van der Waals surface area contributed by atoms with Crippen LogP contribution in [0.1, 0.15) is 59.6 Å². The number of amides is 1. The molecular formula is C26H29Cl2N3O. The van der Waals surface area contributed by atoms with E-state index < -0.39 is 0 Å². The number of para-hydroxylation sites is 1. The summed E-state index contributed by atoms with van der Waals surface area (Å²) in [6.07, 6.45) is 5.44. The molecule has 1 amide bonds. The number of hydrogen-bond donors (Lipinski definition) is 1. The largest absolute Gasteiger partial charge is 0.350 e. The van der Waals surface area contributed by atoms with E-state index in [-0.39, 0.29) is 5.91 Å². The third-order valence-corrected chi connectivity index (χ3v) is 7.71. The molecular weight excluding hydrogens is 441 g/mol. The number of H-pyrrole nitrogens is 1. The number of aromatic nitrogens is 1. The van der Waals surface area contributed by atoms with Gasteiger partial charge in [0.05, 0.1) is 0 Å². The molecule has 5 rings (SSSR count). The van der Waals surface area contributed by atoms with Crippen molar-refractivity contribution in [2.75, 3.05) is 26.2 Å². The van der Waals surface area contributed by atoms with E-state index in [1.165, 1.54) is 6.42 Å². The summed E-state index contributed by atoms with van der Waals surface area (Å²) in [5.74, 6) is 0.526. The minimum absolute atomic E-state index is 0.147. The van der Waals surface area contributed by atoms with Crippen LogP contribution in [0.3, 0.4) is 0 Å². The molecule has 32 heavy (non-hydrogen) atoms. The molecule has 3 aromatic rings. The highest BCUT2D eigenvalue weighted by molar-refractivity contribution is 6.36. The lowest BCUT2D eigenvalue weighted by atomic mass is 9.89. The quantitative estimate of drug-likeness (QED) is 0.474. The molecule has 0 saturated carbocycles. The Kier molecular flexibility index (Phi) is 6.45. The van der Waals surface area contributed by atoms with E-state index in [0.29, 0.717) is 5.92 Å². The summed E-state index contributed by atoms with van der Waals surface area (Å²) < 4.78 is 0. The van der Waals surface area contributed by atoms with Crippen LogP contribution in [0, 0.1) is 0 Å². The number of fused-ring (bicyclic) bond motifs is 1. The first-order chi connectivity index (χ1) is 15.6. The molecule has 1 aromatic heterocycles. The predicted molar refractivity (Wildman–Crippen MR) is 132 cm³/mol. The second kappa shape index (κ2) is 9.46. The average Bonchev–Trinajstić information content (AvgIpc) is 3.18. The Morgan fingerprint density at radius 3 is 2.31 bits per heavy atom. The lowest BCUT2D eigenvalue weighted by molar-refractivity contribution is 0.0716. The SMILES string of the molecule is O=C(c1[nH]c2ccccc2c1CN1CCC(c2c(Cl)cccc2Cl)CC1)N1CCCCC1. The van der Waals surface area contributed by atoms with Gasteiger partial charge in [0.15, 0.2) is 0 Å². The van der Waals surface area contributed by atoms with Crippen molar-refractivity contribution in [1.82, 2.24) is 14.8 Å². The molecule has 1 N–H and O–H groups in total. The normalized spacial score (nSPS) is 18.4. The number of nitrogens with zero attached hydrogens (tertiary/aromatic N) is 2. The van der Waals surface area contributed by atoms with E-state index in [0.717, 1.165) is 96.2 Å². The van der Waals surface area contributed by atoms with E-state index in [1.807, 2.05) is 29.2 Å². The molecule has 3 heterocycles. The van der Waals surface area contributed by atoms with Crippen LogP contribution in [0.15, 0.2) is 42.5 Å². The van der Waals surface area contributed by atoms with Crippen molar-refractivity contribution < 1.29 is 4.79 Å². The third-order valence-electron chi connectivity index (χ3n) is 7.05. The van der Waals surface area contributed by atoms with Crippen LogP contribution in [-0.4, -0.2) is 46.9 Å². The molecule has 0 radical (unpaired) electrons. The summed E-state index contributed by atoms with van der Waals surface area (Å²) in [5, 5.41) is 2.69. The van der Waals surface area contributed by atoms with Gasteiger partial charge < -0.3 is 9.88 Å². The second-order valence-electron chi connectivity index (χ2n) is 9.06. The van der Waals surface area contributed by atoms with Gasteiger partial charge in [0.25, 0.3) is 5.91 Å². The van der Waals surface area contributed by atoms with Crippen LogP contribution in [-0.2, 0) is 6.54 Å². The van der Waals surface area contributed by atoms with Gasteiger partial charge in [0, 0.05) is 46.1 Å². The van der Waals surface area contributed by atoms with E-state index in [9.17, 15) is 4.79 Å². The molecule has 6 heteroatoms. The van der Waals surface area contributed by atoms with Crippen LogP contribution in [0.25, 0.3) is 10.9 Å². The van der Waals surface area contributed by atoms with Gasteiger partial charge in [0.2, 0.25) is 0 Å². The molecule has 2 aliphatic rings. The number of benzene rings is 2.